The number of halogens is 6. The van der Waals surface area contributed by atoms with Crippen molar-refractivity contribution in [3.05, 3.63) is 83.2 Å². The summed E-state index contributed by atoms with van der Waals surface area (Å²) < 4.78 is 81.7. The second-order valence-corrected chi connectivity index (χ2v) is 9.61. The van der Waals surface area contributed by atoms with Gasteiger partial charge in [0.15, 0.2) is 0 Å². The highest BCUT2D eigenvalue weighted by Crippen LogP contribution is 2.45. The molecule has 1 fully saturated rings. The number of alkyl halides is 5. The fourth-order valence-corrected chi connectivity index (χ4v) is 4.79. The number of hydrogen-bond donors (Lipinski definition) is 0. The molecule has 2 aromatic rings. The summed E-state index contributed by atoms with van der Waals surface area (Å²) in [5.74, 6) is -8.10. The van der Waals surface area contributed by atoms with E-state index >= 15 is 0 Å². The normalized spacial score (nSPS) is 17.5. The highest BCUT2D eigenvalue weighted by atomic mass is 19.4. The average molecular weight is 525 g/mol. The van der Waals surface area contributed by atoms with Gasteiger partial charge in [-0.05, 0) is 41.7 Å². The lowest BCUT2D eigenvalue weighted by Crippen LogP contribution is -2.46. The van der Waals surface area contributed by atoms with Crippen LogP contribution in [0.1, 0.15) is 44.2 Å². The standard InChI is InChI=1S/C29H34F6N2/c1-4-6-21(7-5-2)19-36-14-16-37(17-15-36)20-22-8-10-23(11-9-22)25-13-12-24(18-26(25)30)27(28(3,31)32)29(33,34)35/h4,6-13,18,27H,5,14-17,19-20H2,1-3H3/b6-4-,21-7+. The molecule has 1 aliphatic heterocycles. The summed E-state index contributed by atoms with van der Waals surface area (Å²) in [6.07, 6.45) is 2.27. The van der Waals surface area contributed by atoms with E-state index in [2.05, 4.69) is 35.0 Å². The Balaban J connectivity index is 1.63. The first kappa shape index (κ1) is 29.0. The maximum absolute atomic E-state index is 14.7. The Hall–Kier alpha value is -2.58. The van der Waals surface area contributed by atoms with E-state index in [-0.39, 0.29) is 12.5 Å². The van der Waals surface area contributed by atoms with Crippen LogP contribution >= 0.6 is 0 Å². The molecule has 1 aliphatic rings. The van der Waals surface area contributed by atoms with Crippen molar-refractivity contribution in [1.82, 2.24) is 9.80 Å². The molecule has 0 saturated carbocycles. The maximum atomic E-state index is 14.7. The third kappa shape index (κ3) is 7.95. The number of nitrogens with zero attached hydrogens (tertiary/aromatic N) is 2. The Morgan fingerprint density at radius 1 is 0.946 bits per heavy atom. The van der Waals surface area contributed by atoms with Crippen molar-refractivity contribution in [2.45, 2.75) is 51.8 Å². The molecule has 1 saturated heterocycles. The third-order valence-electron chi connectivity index (χ3n) is 6.55. The lowest BCUT2D eigenvalue weighted by molar-refractivity contribution is -0.204. The molecule has 0 aliphatic carbocycles. The van der Waals surface area contributed by atoms with E-state index < -0.39 is 29.4 Å². The zero-order valence-corrected chi connectivity index (χ0v) is 21.5. The van der Waals surface area contributed by atoms with Gasteiger partial charge >= 0.3 is 6.18 Å². The molecule has 1 atom stereocenters. The molecule has 202 valence electrons. The molecular formula is C29H34F6N2. The van der Waals surface area contributed by atoms with Gasteiger partial charge < -0.3 is 0 Å². The van der Waals surface area contributed by atoms with Crippen molar-refractivity contribution < 1.29 is 26.3 Å². The van der Waals surface area contributed by atoms with Crippen molar-refractivity contribution in [3.8, 4) is 11.1 Å². The fraction of sp³-hybridized carbons (Fsp3) is 0.448. The van der Waals surface area contributed by atoms with E-state index in [9.17, 15) is 26.3 Å². The van der Waals surface area contributed by atoms with Crippen molar-refractivity contribution in [3.63, 3.8) is 0 Å². The summed E-state index contributed by atoms with van der Waals surface area (Å²) in [5, 5.41) is 0. The number of benzene rings is 2. The maximum Gasteiger partial charge on any atom is 0.401 e. The van der Waals surface area contributed by atoms with Crippen LogP contribution in [-0.4, -0.2) is 54.6 Å². The smallest absolute Gasteiger partial charge is 0.297 e. The van der Waals surface area contributed by atoms with Crippen LogP contribution in [0.15, 0.2) is 66.3 Å². The van der Waals surface area contributed by atoms with Crippen LogP contribution in [0, 0.1) is 5.82 Å². The van der Waals surface area contributed by atoms with Crippen LogP contribution in [0.3, 0.4) is 0 Å². The summed E-state index contributed by atoms with van der Waals surface area (Å²) in [5.41, 5.74) is 2.12. The number of hydrogen-bond acceptors (Lipinski definition) is 2. The van der Waals surface area contributed by atoms with Crippen molar-refractivity contribution in [1.29, 1.82) is 0 Å². The highest BCUT2D eigenvalue weighted by molar-refractivity contribution is 5.65. The van der Waals surface area contributed by atoms with Gasteiger partial charge in [0.2, 0.25) is 0 Å². The second kappa shape index (κ2) is 12.3. The van der Waals surface area contributed by atoms with Gasteiger partial charge in [-0.3, -0.25) is 9.80 Å². The summed E-state index contributed by atoms with van der Waals surface area (Å²) in [6, 6.07) is 9.77. The number of piperazine rings is 1. The average Bonchev–Trinajstić information content (AvgIpc) is 2.80. The van der Waals surface area contributed by atoms with Crippen LogP contribution in [0.25, 0.3) is 11.1 Å². The van der Waals surface area contributed by atoms with Crippen LogP contribution < -0.4 is 0 Å². The lowest BCUT2D eigenvalue weighted by atomic mass is 9.91. The first-order valence-corrected chi connectivity index (χ1v) is 12.5. The van der Waals surface area contributed by atoms with Gasteiger partial charge in [-0.15, -0.1) is 0 Å². The van der Waals surface area contributed by atoms with E-state index in [4.69, 9.17) is 0 Å². The number of rotatable bonds is 9. The van der Waals surface area contributed by atoms with Gasteiger partial charge in [0.25, 0.3) is 5.92 Å². The first-order valence-electron chi connectivity index (χ1n) is 12.5. The topological polar surface area (TPSA) is 6.48 Å². The molecule has 0 aromatic heterocycles. The Morgan fingerprint density at radius 2 is 1.57 bits per heavy atom. The van der Waals surface area contributed by atoms with E-state index in [1.165, 1.54) is 5.57 Å². The quantitative estimate of drug-likeness (QED) is 0.244. The minimum absolute atomic E-state index is 0.0707. The van der Waals surface area contributed by atoms with Crippen molar-refractivity contribution >= 4 is 0 Å². The minimum Gasteiger partial charge on any atom is -0.297 e. The molecule has 0 N–H and O–H groups in total. The van der Waals surface area contributed by atoms with Gasteiger partial charge in [-0.1, -0.05) is 61.5 Å². The van der Waals surface area contributed by atoms with Gasteiger partial charge in [-0.25, -0.2) is 13.2 Å². The SMILES string of the molecule is C/C=C\C(=C/CC)CN1CCN(Cc2ccc(-c3ccc(C(C(C)(F)F)C(F)(F)F)cc3F)cc2)CC1. The summed E-state index contributed by atoms with van der Waals surface area (Å²) in [7, 11) is 0. The van der Waals surface area contributed by atoms with E-state index in [1.807, 2.05) is 19.1 Å². The van der Waals surface area contributed by atoms with Gasteiger partial charge in [0.1, 0.15) is 11.7 Å². The Morgan fingerprint density at radius 3 is 2.08 bits per heavy atom. The second-order valence-electron chi connectivity index (χ2n) is 9.61. The summed E-state index contributed by atoms with van der Waals surface area (Å²) in [4.78, 5) is 4.78. The van der Waals surface area contributed by atoms with Crippen LogP contribution in [0.5, 0.6) is 0 Å². The Bertz CT molecular complexity index is 1060. The molecule has 2 nitrogen and oxygen atoms in total. The molecular weight excluding hydrogens is 490 g/mol. The van der Waals surface area contributed by atoms with E-state index in [0.29, 0.717) is 11.6 Å². The molecule has 1 unspecified atom stereocenters. The molecule has 37 heavy (non-hydrogen) atoms. The Kier molecular flexibility index (Phi) is 9.64. The van der Waals surface area contributed by atoms with Gasteiger partial charge in [0.05, 0.1) is 0 Å². The lowest BCUT2D eigenvalue weighted by Gasteiger charge is -2.35. The van der Waals surface area contributed by atoms with E-state index in [1.54, 1.807) is 12.1 Å². The summed E-state index contributed by atoms with van der Waals surface area (Å²) >= 11 is 0. The van der Waals surface area contributed by atoms with Crippen molar-refractivity contribution in [2.75, 3.05) is 32.7 Å². The molecule has 2 aromatic carbocycles. The molecule has 0 amide bonds. The van der Waals surface area contributed by atoms with Gasteiger partial charge in [0, 0.05) is 51.8 Å². The number of allylic oxidation sites excluding steroid dienone is 2. The van der Waals surface area contributed by atoms with E-state index in [0.717, 1.165) is 63.4 Å². The molecule has 8 heteroatoms. The third-order valence-corrected chi connectivity index (χ3v) is 6.55. The Labute approximate surface area is 215 Å². The molecule has 3 rings (SSSR count). The predicted molar refractivity (Wildman–Crippen MR) is 136 cm³/mol. The fourth-order valence-electron chi connectivity index (χ4n) is 4.79. The molecule has 0 radical (unpaired) electrons. The molecule has 0 spiro atoms. The zero-order valence-electron chi connectivity index (χ0n) is 21.5. The summed E-state index contributed by atoms with van der Waals surface area (Å²) in [6.45, 7) is 9.80. The minimum atomic E-state index is -5.19. The molecule has 0 bridgehead atoms. The van der Waals surface area contributed by atoms with Crippen molar-refractivity contribution in [2.24, 2.45) is 0 Å². The monoisotopic (exact) mass is 524 g/mol. The zero-order chi connectivity index (χ0) is 27.2. The van der Waals surface area contributed by atoms with Crippen LogP contribution in [-0.2, 0) is 6.54 Å². The largest absolute Gasteiger partial charge is 0.401 e. The van der Waals surface area contributed by atoms with Gasteiger partial charge in [-0.2, -0.15) is 13.2 Å². The van der Waals surface area contributed by atoms with Crippen LogP contribution in [0.2, 0.25) is 0 Å². The highest BCUT2D eigenvalue weighted by Gasteiger charge is 2.53. The first-order chi connectivity index (χ1) is 17.4. The predicted octanol–water partition coefficient (Wildman–Crippen LogP) is 7.82. The molecule has 1 heterocycles. The van der Waals surface area contributed by atoms with Crippen LogP contribution in [0.4, 0.5) is 26.3 Å².